The summed E-state index contributed by atoms with van der Waals surface area (Å²) in [5, 5.41) is 24.9. The number of pyridine rings is 1. The minimum Gasteiger partial charge on any atom is -0.481 e. The monoisotopic (exact) mass is 595 g/mol. The van der Waals surface area contributed by atoms with Gasteiger partial charge >= 0.3 is 5.97 Å². The molecule has 2 fully saturated rings. The zero-order valence-corrected chi connectivity index (χ0v) is 24.3. The van der Waals surface area contributed by atoms with Crippen LogP contribution in [0.4, 0.5) is 21.6 Å². The van der Waals surface area contributed by atoms with Gasteiger partial charge in [-0.15, -0.1) is 5.10 Å². The SMILES string of the molecule is CN1CCN(CCC(=O)Nc2cc(Nc3cc(-c4cc(Cl)ccc4F)nnc3[C@H]3CC[C@H](C(=O)O)CC3)ccn2)CC1. The number of rotatable bonds is 9. The number of halogens is 2. The Hall–Kier alpha value is -3.67. The summed E-state index contributed by atoms with van der Waals surface area (Å²) < 4.78 is 14.7. The van der Waals surface area contributed by atoms with Crippen LogP contribution in [0.5, 0.6) is 0 Å². The molecule has 1 amide bonds. The summed E-state index contributed by atoms with van der Waals surface area (Å²) in [4.78, 5) is 33.0. The number of hydrogen-bond donors (Lipinski definition) is 3. The lowest BCUT2D eigenvalue weighted by molar-refractivity contribution is -0.142. The van der Waals surface area contributed by atoms with E-state index in [0.717, 1.165) is 26.2 Å². The number of amides is 1. The summed E-state index contributed by atoms with van der Waals surface area (Å²) in [6, 6.07) is 9.50. The van der Waals surface area contributed by atoms with E-state index in [-0.39, 0.29) is 23.3 Å². The number of carboxylic acids is 1. The third kappa shape index (κ3) is 7.58. The Bertz CT molecular complexity index is 1430. The Balaban J connectivity index is 1.34. The molecule has 10 nitrogen and oxygen atoms in total. The molecule has 1 aromatic carbocycles. The van der Waals surface area contributed by atoms with Crippen LogP contribution in [0.25, 0.3) is 11.3 Å². The van der Waals surface area contributed by atoms with Gasteiger partial charge in [0.2, 0.25) is 5.91 Å². The third-order valence-corrected chi connectivity index (χ3v) is 8.28. The van der Waals surface area contributed by atoms with Crippen LogP contribution in [-0.4, -0.2) is 81.7 Å². The third-order valence-electron chi connectivity index (χ3n) is 8.05. The summed E-state index contributed by atoms with van der Waals surface area (Å²) in [6.45, 7) is 4.58. The molecule has 2 aliphatic rings. The number of carbonyl (C=O) groups is 2. The standard InChI is InChI=1S/C30H35ClFN7O3/c1-38-12-14-39(15-13-38)11-9-28(40)35-27-17-22(8-10-33-27)34-26-18-25(23-16-21(31)6-7-24(23)32)36-37-29(26)19-2-4-20(5-3-19)30(41)42/h6-8,10,16-20H,2-5,9,11-15H2,1H3,(H,41,42)(H2,33,34,35,36,40)/t19-,20-. The average Bonchev–Trinajstić information content (AvgIpc) is 2.98. The van der Waals surface area contributed by atoms with Crippen molar-refractivity contribution in [3.63, 3.8) is 0 Å². The van der Waals surface area contributed by atoms with Crippen LogP contribution in [0, 0.1) is 11.7 Å². The largest absolute Gasteiger partial charge is 0.481 e. The van der Waals surface area contributed by atoms with Gasteiger partial charge in [-0.25, -0.2) is 9.37 Å². The fourth-order valence-electron chi connectivity index (χ4n) is 5.51. The van der Waals surface area contributed by atoms with Crippen LogP contribution in [0.3, 0.4) is 0 Å². The fraction of sp³-hybridized carbons (Fsp3) is 0.433. The molecule has 42 heavy (non-hydrogen) atoms. The number of hydrogen-bond acceptors (Lipinski definition) is 8. The zero-order chi connectivity index (χ0) is 29.6. The van der Waals surface area contributed by atoms with Crippen molar-refractivity contribution >= 4 is 40.7 Å². The van der Waals surface area contributed by atoms with E-state index in [2.05, 4.69) is 42.7 Å². The summed E-state index contributed by atoms with van der Waals surface area (Å²) >= 11 is 6.14. The highest BCUT2D eigenvalue weighted by atomic mass is 35.5. The molecule has 2 aromatic heterocycles. The first-order chi connectivity index (χ1) is 20.2. The predicted octanol–water partition coefficient (Wildman–Crippen LogP) is 5.01. The van der Waals surface area contributed by atoms with E-state index >= 15 is 0 Å². The molecular formula is C30H35ClFN7O3. The van der Waals surface area contributed by atoms with Crippen LogP contribution in [-0.2, 0) is 9.59 Å². The van der Waals surface area contributed by atoms with Gasteiger partial charge in [-0.2, -0.15) is 5.10 Å². The topological polar surface area (TPSA) is 124 Å². The van der Waals surface area contributed by atoms with Gasteiger partial charge in [0.15, 0.2) is 0 Å². The number of piperazine rings is 1. The van der Waals surface area contributed by atoms with Gasteiger partial charge in [-0.05, 0) is 63.1 Å². The number of nitrogens with zero attached hydrogens (tertiary/aromatic N) is 5. The summed E-state index contributed by atoms with van der Waals surface area (Å²) in [6.07, 6.45) is 4.36. The first kappa shape index (κ1) is 29.8. The minimum absolute atomic E-state index is 0.00977. The predicted molar refractivity (Wildman–Crippen MR) is 159 cm³/mol. The Morgan fingerprint density at radius 1 is 1.05 bits per heavy atom. The first-order valence-corrected chi connectivity index (χ1v) is 14.6. The number of nitrogens with one attached hydrogen (secondary N) is 2. The number of carbonyl (C=O) groups excluding carboxylic acids is 1. The maximum absolute atomic E-state index is 14.7. The molecule has 222 valence electrons. The highest BCUT2D eigenvalue weighted by Gasteiger charge is 2.29. The zero-order valence-electron chi connectivity index (χ0n) is 23.5. The van der Waals surface area contributed by atoms with Crippen molar-refractivity contribution in [3.05, 3.63) is 59.1 Å². The minimum atomic E-state index is -0.778. The molecule has 1 aliphatic heterocycles. The van der Waals surface area contributed by atoms with Crippen molar-refractivity contribution in [2.75, 3.05) is 50.4 Å². The van der Waals surface area contributed by atoms with Crippen LogP contribution in [0.1, 0.15) is 43.7 Å². The quantitative estimate of drug-likeness (QED) is 0.313. The highest BCUT2D eigenvalue weighted by Crippen LogP contribution is 2.39. The average molecular weight is 596 g/mol. The molecule has 3 N–H and O–H groups in total. The van der Waals surface area contributed by atoms with Crippen molar-refractivity contribution in [1.82, 2.24) is 25.0 Å². The Labute approximate surface area is 249 Å². The molecule has 0 spiro atoms. The Kier molecular flexibility index (Phi) is 9.61. The second-order valence-electron chi connectivity index (χ2n) is 11.0. The molecule has 0 unspecified atom stereocenters. The molecule has 0 atom stereocenters. The molecule has 0 bridgehead atoms. The summed E-state index contributed by atoms with van der Waals surface area (Å²) in [7, 11) is 2.10. The van der Waals surface area contributed by atoms with E-state index in [0.29, 0.717) is 72.3 Å². The molecular weight excluding hydrogens is 561 g/mol. The highest BCUT2D eigenvalue weighted by molar-refractivity contribution is 6.30. The van der Waals surface area contributed by atoms with Crippen molar-refractivity contribution in [3.8, 4) is 11.3 Å². The molecule has 5 rings (SSSR count). The molecule has 1 saturated carbocycles. The maximum atomic E-state index is 14.7. The number of aromatic nitrogens is 3. The van der Waals surface area contributed by atoms with Gasteiger partial charge in [0.25, 0.3) is 0 Å². The molecule has 1 saturated heterocycles. The van der Waals surface area contributed by atoms with Crippen molar-refractivity contribution in [2.24, 2.45) is 5.92 Å². The Morgan fingerprint density at radius 3 is 2.55 bits per heavy atom. The van der Waals surface area contributed by atoms with E-state index in [1.165, 1.54) is 18.2 Å². The number of carboxylic acid groups (broad SMARTS) is 1. The van der Waals surface area contributed by atoms with Crippen LogP contribution in [0.2, 0.25) is 5.02 Å². The van der Waals surface area contributed by atoms with Crippen molar-refractivity contribution in [1.29, 1.82) is 0 Å². The van der Waals surface area contributed by atoms with Gasteiger partial charge in [-0.1, -0.05) is 11.6 Å². The lowest BCUT2D eigenvalue weighted by Crippen LogP contribution is -2.45. The number of anilines is 3. The Morgan fingerprint density at radius 2 is 1.81 bits per heavy atom. The van der Waals surface area contributed by atoms with Crippen molar-refractivity contribution in [2.45, 2.75) is 38.0 Å². The number of aliphatic carboxylic acids is 1. The molecule has 1 aliphatic carbocycles. The fourth-order valence-corrected chi connectivity index (χ4v) is 5.68. The van der Waals surface area contributed by atoms with Gasteiger partial charge in [0.1, 0.15) is 11.6 Å². The van der Waals surface area contributed by atoms with Crippen LogP contribution < -0.4 is 10.6 Å². The summed E-state index contributed by atoms with van der Waals surface area (Å²) in [5.74, 6) is -1.33. The van der Waals surface area contributed by atoms with E-state index in [4.69, 9.17) is 11.6 Å². The second kappa shape index (κ2) is 13.5. The van der Waals surface area contributed by atoms with E-state index < -0.39 is 11.8 Å². The van der Waals surface area contributed by atoms with Gasteiger partial charge in [0.05, 0.1) is 23.0 Å². The van der Waals surface area contributed by atoms with Crippen LogP contribution >= 0.6 is 11.6 Å². The normalized spacial score (nSPS) is 19.8. The lowest BCUT2D eigenvalue weighted by atomic mass is 9.80. The summed E-state index contributed by atoms with van der Waals surface area (Å²) in [5.41, 5.74) is 2.50. The number of benzene rings is 1. The second-order valence-corrected chi connectivity index (χ2v) is 11.5. The first-order valence-electron chi connectivity index (χ1n) is 14.2. The van der Waals surface area contributed by atoms with Gasteiger partial charge in [0, 0.05) is 73.6 Å². The maximum Gasteiger partial charge on any atom is 0.306 e. The molecule has 0 radical (unpaired) electrons. The molecule has 12 heteroatoms. The van der Waals surface area contributed by atoms with Gasteiger partial charge < -0.3 is 25.5 Å². The smallest absolute Gasteiger partial charge is 0.306 e. The molecule has 3 aromatic rings. The van der Waals surface area contributed by atoms with Gasteiger partial charge in [-0.3, -0.25) is 9.59 Å². The van der Waals surface area contributed by atoms with E-state index in [1.54, 1.807) is 24.4 Å². The lowest BCUT2D eigenvalue weighted by Gasteiger charge is -2.32. The molecule has 3 heterocycles. The van der Waals surface area contributed by atoms with Crippen LogP contribution in [0.15, 0.2) is 42.6 Å². The van der Waals surface area contributed by atoms with E-state index in [1.807, 2.05) is 0 Å². The van der Waals surface area contributed by atoms with Crippen molar-refractivity contribution < 1.29 is 19.1 Å². The van der Waals surface area contributed by atoms with E-state index in [9.17, 15) is 19.1 Å². The number of likely N-dealkylation sites (N-methyl/N-ethyl adjacent to an activating group) is 1.